The minimum atomic E-state index is -3.64. The molecule has 2 aromatic carbocycles. The molecule has 6 rings (SSSR count). The van der Waals surface area contributed by atoms with Gasteiger partial charge in [0.25, 0.3) is 0 Å². The molecule has 0 bridgehead atoms. The van der Waals surface area contributed by atoms with E-state index in [9.17, 15) is 8.42 Å². The molecule has 0 amide bonds. The predicted molar refractivity (Wildman–Crippen MR) is 177 cm³/mol. The van der Waals surface area contributed by atoms with Gasteiger partial charge in [-0.1, -0.05) is 68.7 Å². The largest absolute Gasteiger partial charge is 0.351 e. The van der Waals surface area contributed by atoms with E-state index in [1.165, 1.54) is 12.8 Å². The van der Waals surface area contributed by atoms with E-state index in [2.05, 4.69) is 44.7 Å². The zero-order chi connectivity index (χ0) is 30.4. The number of anilines is 3. The molecule has 1 aliphatic carbocycles. The molecule has 10 nitrogen and oxygen atoms in total. The van der Waals surface area contributed by atoms with Crippen LogP contribution in [0.1, 0.15) is 63.1 Å². The van der Waals surface area contributed by atoms with Crippen molar-refractivity contribution in [1.29, 1.82) is 0 Å². The Kier molecular flexibility index (Phi) is 9.68. The van der Waals surface area contributed by atoms with Crippen molar-refractivity contribution in [2.24, 2.45) is 0 Å². The minimum Gasteiger partial charge on any atom is -0.351 e. The maximum absolute atomic E-state index is 13.1. The van der Waals surface area contributed by atoms with Crippen LogP contribution < -0.4 is 20.3 Å². The van der Waals surface area contributed by atoms with Crippen LogP contribution in [-0.4, -0.2) is 53.5 Å². The van der Waals surface area contributed by atoms with Gasteiger partial charge in [0.05, 0.1) is 17.1 Å². The zero-order valence-electron chi connectivity index (χ0n) is 25.1. The molecule has 3 N–H and O–H groups in total. The second-order valence-electron chi connectivity index (χ2n) is 11.5. The van der Waals surface area contributed by atoms with Crippen LogP contribution in [0.3, 0.4) is 0 Å². The van der Waals surface area contributed by atoms with Crippen molar-refractivity contribution in [2.45, 2.75) is 81.8 Å². The van der Waals surface area contributed by atoms with Gasteiger partial charge in [0.2, 0.25) is 27.9 Å². The van der Waals surface area contributed by atoms with E-state index in [0.717, 1.165) is 66.9 Å². The van der Waals surface area contributed by atoms with Crippen molar-refractivity contribution < 1.29 is 8.42 Å². The highest BCUT2D eigenvalue weighted by atomic mass is 32.2. The Morgan fingerprint density at radius 1 is 0.909 bits per heavy atom. The van der Waals surface area contributed by atoms with Crippen molar-refractivity contribution >= 4 is 39.2 Å². The average molecular weight is 633 g/mol. The lowest BCUT2D eigenvalue weighted by atomic mass is 10.1. The topological polar surface area (TPSA) is 125 Å². The fourth-order valence-electron chi connectivity index (χ4n) is 5.89. The first-order chi connectivity index (χ1) is 21.5. The number of thiazole rings is 1. The third kappa shape index (κ3) is 7.54. The van der Waals surface area contributed by atoms with Crippen molar-refractivity contribution in [2.75, 3.05) is 28.6 Å². The van der Waals surface area contributed by atoms with Crippen molar-refractivity contribution in [3.05, 3.63) is 71.2 Å². The van der Waals surface area contributed by atoms with Crippen LogP contribution in [0.5, 0.6) is 0 Å². The van der Waals surface area contributed by atoms with E-state index >= 15 is 0 Å². The average Bonchev–Trinajstić information content (AvgIpc) is 3.83. The Hall–Kier alpha value is -3.61. The summed E-state index contributed by atoms with van der Waals surface area (Å²) in [6.07, 6.45) is 8.32. The lowest BCUT2D eigenvalue weighted by molar-refractivity contribution is 0.565. The molecule has 0 radical (unpaired) electrons. The number of hydrogen-bond donors (Lipinski definition) is 3. The maximum atomic E-state index is 13.1. The summed E-state index contributed by atoms with van der Waals surface area (Å²) in [6, 6.07) is 17.6. The number of hydrogen-bond acceptors (Lipinski definition) is 10. The molecule has 0 unspecified atom stereocenters. The van der Waals surface area contributed by atoms with Crippen molar-refractivity contribution in [3.63, 3.8) is 0 Å². The fraction of sp³-hybridized carbons (Fsp3) is 0.438. The zero-order valence-corrected chi connectivity index (χ0v) is 26.7. The number of benzene rings is 2. The van der Waals surface area contributed by atoms with Gasteiger partial charge in [-0.2, -0.15) is 15.0 Å². The Balaban J connectivity index is 1.16. The summed E-state index contributed by atoms with van der Waals surface area (Å²) in [7, 11) is -3.64. The van der Waals surface area contributed by atoms with Crippen LogP contribution in [0.4, 0.5) is 17.8 Å². The number of nitrogens with one attached hydrogen (secondary N) is 3. The van der Waals surface area contributed by atoms with Crippen LogP contribution in [0.15, 0.2) is 64.9 Å². The van der Waals surface area contributed by atoms with Gasteiger partial charge < -0.3 is 15.5 Å². The molecule has 0 spiro atoms. The summed E-state index contributed by atoms with van der Waals surface area (Å²) < 4.78 is 29.1. The van der Waals surface area contributed by atoms with Gasteiger partial charge in [0.1, 0.15) is 5.01 Å². The second kappa shape index (κ2) is 14.0. The SMILES string of the molecule is CCCc1ccc(S(=O)(=O)NC[C@H]2CCCN2c2nc(NCc3csc(-c4ccccc4)n3)nc(NC3CCCC3)n2)cc1. The maximum Gasteiger partial charge on any atom is 0.240 e. The molecule has 3 heterocycles. The monoisotopic (exact) mass is 632 g/mol. The summed E-state index contributed by atoms with van der Waals surface area (Å²) in [5.74, 6) is 1.58. The summed E-state index contributed by atoms with van der Waals surface area (Å²) in [5, 5.41) is 9.91. The van der Waals surface area contributed by atoms with Gasteiger partial charge >= 0.3 is 0 Å². The Morgan fingerprint density at radius 3 is 2.45 bits per heavy atom. The summed E-state index contributed by atoms with van der Waals surface area (Å²) >= 11 is 1.61. The van der Waals surface area contributed by atoms with E-state index in [-0.39, 0.29) is 17.5 Å². The molecule has 232 valence electrons. The Labute approximate surface area is 263 Å². The van der Waals surface area contributed by atoms with Gasteiger partial charge in [0.15, 0.2) is 0 Å². The molecule has 12 heteroatoms. The third-order valence-corrected chi connectivity index (χ3v) is 10.6. The van der Waals surface area contributed by atoms with Crippen LogP contribution in [-0.2, 0) is 23.0 Å². The number of aryl methyl sites for hydroxylation is 1. The lowest BCUT2D eigenvalue weighted by Crippen LogP contribution is -2.41. The van der Waals surface area contributed by atoms with Gasteiger partial charge in [-0.05, 0) is 49.8 Å². The van der Waals surface area contributed by atoms with Crippen molar-refractivity contribution in [1.82, 2.24) is 24.7 Å². The summed E-state index contributed by atoms with van der Waals surface area (Å²) in [5.41, 5.74) is 3.15. The first-order valence-corrected chi connectivity index (χ1v) is 17.9. The van der Waals surface area contributed by atoms with Gasteiger partial charge in [-0.3, -0.25) is 0 Å². The van der Waals surface area contributed by atoms with E-state index < -0.39 is 10.0 Å². The highest BCUT2D eigenvalue weighted by molar-refractivity contribution is 7.89. The third-order valence-electron chi connectivity index (χ3n) is 8.23. The van der Waals surface area contributed by atoms with Crippen LogP contribution in [0.25, 0.3) is 10.6 Å². The smallest absolute Gasteiger partial charge is 0.240 e. The molecule has 1 saturated carbocycles. The first-order valence-electron chi connectivity index (χ1n) is 15.6. The predicted octanol–water partition coefficient (Wildman–Crippen LogP) is 5.86. The molecule has 44 heavy (non-hydrogen) atoms. The molecule has 1 atom stereocenters. The Bertz CT molecular complexity index is 1620. The molecule has 1 saturated heterocycles. The van der Waals surface area contributed by atoms with E-state index in [1.54, 1.807) is 23.5 Å². The molecule has 2 fully saturated rings. The second-order valence-corrected chi connectivity index (χ2v) is 14.1. The summed E-state index contributed by atoms with van der Waals surface area (Å²) in [4.78, 5) is 21.5. The van der Waals surface area contributed by atoms with Crippen LogP contribution >= 0.6 is 11.3 Å². The number of sulfonamides is 1. The molecule has 2 aliphatic rings. The van der Waals surface area contributed by atoms with Crippen molar-refractivity contribution in [3.8, 4) is 10.6 Å². The number of rotatable bonds is 13. The highest BCUT2D eigenvalue weighted by Crippen LogP contribution is 2.27. The molecular weight excluding hydrogens is 593 g/mol. The minimum absolute atomic E-state index is 0.0642. The lowest BCUT2D eigenvalue weighted by Gasteiger charge is -2.26. The highest BCUT2D eigenvalue weighted by Gasteiger charge is 2.30. The van der Waals surface area contributed by atoms with E-state index in [0.29, 0.717) is 30.4 Å². The van der Waals surface area contributed by atoms with Gasteiger partial charge in [-0.25, -0.2) is 18.1 Å². The van der Waals surface area contributed by atoms with E-state index in [4.69, 9.17) is 19.9 Å². The quantitative estimate of drug-likeness (QED) is 0.166. The molecular formula is C32H40N8O2S2. The first kappa shape index (κ1) is 30.4. The van der Waals surface area contributed by atoms with Gasteiger partial charge in [-0.15, -0.1) is 11.3 Å². The number of aromatic nitrogens is 4. The standard InChI is InChI=1S/C32H40N8O2S2/c1-2-9-23-15-17-28(18-16-23)44(41,42)34-21-27-14-8-19-40(27)32-38-30(37-31(39-32)36-25-12-6-7-13-25)33-20-26-22-43-29(35-26)24-10-4-3-5-11-24/h3-5,10-11,15-18,22,25,27,34H,2,6-9,12-14,19-21H2,1H3,(H2,33,36,37,38,39)/t27-/m1/s1. The van der Waals surface area contributed by atoms with E-state index in [1.807, 2.05) is 30.3 Å². The molecule has 1 aliphatic heterocycles. The fourth-order valence-corrected chi connectivity index (χ4v) is 7.78. The number of nitrogens with zero attached hydrogens (tertiary/aromatic N) is 5. The Morgan fingerprint density at radius 2 is 1.68 bits per heavy atom. The molecule has 4 aromatic rings. The van der Waals surface area contributed by atoms with Crippen LogP contribution in [0.2, 0.25) is 0 Å². The van der Waals surface area contributed by atoms with Crippen LogP contribution in [0, 0.1) is 0 Å². The summed E-state index contributed by atoms with van der Waals surface area (Å²) in [6.45, 7) is 3.62. The normalized spacial score (nSPS) is 17.3. The van der Waals surface area contributed by atoms with Gasteiger partial charge in [0, 0.05) is 36.1 Å². The molecule has 2 aromatic heterocycles.